The van der Waals surface area contributed by atoms with Crippen molar-refractivity contribution in [1.82, 2.24) is 14.9 Å². The Morgan fingerprint density at radius 3 is 3.00 bits per heavy atom. The largest absolute Gasteiger partial charge is 0.460 e. The lowest BCUT2D eigenvalue weighted by Crippen LogP contribution is -2.38. The summed E-state index contributed by atoms with van der Waals surface area (Å²) >= 11 is 0. The molecule has 1 aromatic heterocycles. The van der Waals surface area contributed by atoms with Gasteiger partial charge in [-0.2, -0.15) is 0 Å². The van der Waals surface area contributed by atoms with E-state index in [0.717, 1.165) is 32.8 Å². The molecule has 2 heterocycles. The summed E-state index contributed by atoms with van der Waals surface area (Å²) in [7, 11) is 0. The van der Waals surface area contributed by atoms with Crippen molar-refractivity contribution >= 4 is 5.97 Å². The van der Waals surface area contributed by atoms with E-state index in [0.29, 0.717) is 12.3 Å². The van der Waals surface area contributed by atoms with Crippen molar-refractivity contribution in [2.45, 2.75) is 0 Å². The molecule has 0 saturated carbocycles. The minimum absolute atomic E-state index is 0.293. The number of esters is 1. The number of ether oxygens (including phenoxy) is 2. The van der Waals surface area contributed by atoms with Crippen LogP contribution in [0, 0.1) is 0 Å². The molecule has 1 fully saturated rings. The zero-order chi connectivity index (χ0) is 11.9. The van der Waals surface area contributed by atoms with E-state index in [2.05, 4.69) is 14.9 Å². The number of carbonyl (C=O) groups excluding carboxylic acids is 1. The Hall–Kier alpha value is -1.53. The number of hydrogen-bond donors (Lipinski definition) is 0. The van der Waals surface area contributed by atoms with E-state index in [-0.39, 0.29) is 0 Å². The molecule has 6 heteroatoms. The molecule has 0 spiro atoms. The molecule has 2 rings (SSSR count). The summed E-state index contributed by atoms with van der Waals surface area (Å²) in [5.74, 6) is -0.402. The van der Waals surface area contributed by atoms with Crippen LogP contribution < -0.4 is 0 Å². The first-order valence-corrected chi connectivity index (χ1v) is 5.59. The molecule has 0 N–H and O–H groups in total. The maximum absolute atomic E-state index is 11.5. The molecule has 1 saturated heterocycles. The normalized spacial score (nSPS) is 16.7. The standard InChI is InChI=1S/C11H15N3O3/c15-11(10-1-2-12-9-13-10)17-8-5-14-3-6-16-7-4-14/h1-2,9H,3-8H2. The van der Waals surface area contributed by atoms with Gasteiger partial charge in [-0.1, -0.05) is 0 Å². The van der Waals surface area contributed by atoms with E-state index in [4.69, 9.17) is 9.47 Å². The van der Waals surface area contributed by atoms with Crippen LogP contribution in [0.4, 0.5) is 0 Å². The second-order valence-electron chi connectivity index (χ2n) is 3.68. The van der Waals surface area contributed by atoms with Crippen molar-refractivity contribution in [2.24, 2.45) is 0 Å². The molecule has 0 unspecified atom stereocenters. The van der Waals surface area contributed by atoms with Crippen LogP contribution in [-0.4, -0.2) is 60.3 Å². The highest BCUT2D eigenvalue weighted by Crippen LogP contribution is 1.98. The second kappa shape index (κ2) is 6.27. The lowest BCUT2D eigenvalue weighted by Gasteiger charge is -2.26. The highest BCUT2D eigenvalue weighted by Gasteiger charge is 2.12. The predicted molar refractivity (Wildman–Crippen MR) is 59.6 cm³/mol. The Balaban J connectivity index is 1.69. The van der Waals surface area contributed by atoms with Crippen molar-refractivity contribution in [3.63, 3.8) is 0 Å². The average molecular weight is 237 g/mol. The predicted octanol–water partition coefficient (Wildman–Crippen LogP) is -0.0344. The molecule has 6 nitrogen and oxygen atoms in total. The van der Waals surface area contributed by atoms with Crippen LogP contribution in [0.25, 0.3) is 0 Å². The SMILES string of the molecule is O=C(OCCN1CCOCC1)c1ccncn1. The van der Waals surface area contributed by atoms with Crippen LogP contribution >= 0.6 is 0 Å². The van der Waals surface area contributed by atoms with Crippen LogP contribution in [0.5, 0.6) is 0 Å². The zero-order valence-corrected chi connectivity index (χ0v) is 9.54. The first kappa shape index (κ1) is 11.9. The van der Waals surface area contributed by atoms with Gasteiger partial charge in [0.05, 0.1) is 13.2 Å². The molecule has 0 amide bonds. The topological polar surface area (TPSA) is 64.5 Å². The molecule has 1 aromatic rings. The van der Waals surface area contributed by atoms with Crippen LogP contribution in [0.1, 0.15) is 10.5 Å². The summed E-state index contributed by atoms with van der Waals surface area (Å²) in [6.07, 6.45) is 2.85. The molecular formula is C11H15N3O3. The van der Waals surface area contributed by atoms with Crippen molar-refractivity contribution in [1.29, 1.82) is 0 Å². The first-order valence-electron chi connectivity index (χ1n) is 5.59. The van der Waals surface area contributed by atoms with Crippen LogP contribution in [0.15, 0.2) is 18.6 Å². The van der Waals surface area contributed by atoms with E-state index in [1.807, 2.05) is 0 Å². The zero-order valence-electron chi connectivity index (χ0n) is 9.54. The van der Waals surface area contributed by atoms with Crippen LogP contribution in [-0.2, 0) is 9.47 Å². The molecule has 0 bridgehead atoms. The maximum atomic E-state index is 11.5. The Morgan fingerprint density at radius 2 is 2.29 bits per heavy atom. The number of morpholine rings is 1. The molecule has 17 heavy (non-hydrogen) atoms. The molecule has 1 aliphatic heterocycles. The van der Waals surface area contributed by atoms with Gasteiger partial charge in [-0.15, -0.1) is 0 Å². The minimum atomic E-state index is -0.402. The maximum Gasteiger partial charge on any atom is 0.357 e. The number of rotatable bonds is 4. The number of aromatic nitrogens is 2. The third-order valence-corrected chi connectivity index (χ3v) is 2.54. The second-order valence-corrected chi connectivity index (χ2v) is 3.68. The summed E-state index contributed by atoms with van der Waals surface area (Å²) < 4.78 is 10.3. The van der Waals surface area contributed by atoms with Gasteiger partial charge in [0.15, 0.2) is 5.69 Å². The van der Waals surface area contributed by atoms with Gasteiger partial charge >= 0.3 is 5.97 Å². The highest BCUT2D eigenvalue weighted by molar-refractivity contribution is 5.86. The van der Waals surface area contributed by atoms with Gasteiger partial charge in [0.2, 0.25) is 0 Å². The van der Waals surface area contributed by atoms with Gasteiger partial charge in [-0.05, 0) is 6.07 Å². The summed E-state index contributed by atoms with van der Waals surface area (Å²) in [4.78, 5) is 21.3. The molecule has 0 aliphatic carbocycles. The van der Waals surface area contributed by atoms with Crippen molar-refractivity contribution < 1.29 is 14.3 Å². The number of hydrogen-bond acceptors (Lipinski definition) is 6. The smallest absolute Gasteiger partial charge is 0.357 e. The molecule has 92 valence electrons. The van der Waals surface area contributed by atoms with E-state index < -0.39 is 5.97 Å². The van der Waals surface area contributed by atoms with Crippen molar-refractivity contribution in [3.05, 3.63) is 24.3 Å². The molecule has 0 atom stereocenters. The van der Waals surface area contributed by atoms with Gasteiger partial charge in [0.25, 0.3) is 0 Å². The lowest BCUT2D eigenvalue weighted by atomic mass is 10.4. The Bertz CT molecular complexity index is 352. The first-order chi connectivity index (χ1) is 8.36. The monoisotopic (exact) mass is 237 g/mol. The van der Waals surface area contributed by atoms with E-state index in [9.17, 15) is 4.79 Å². The fourth-order valence-corrected chi connectivity index (χ4v) is 1.58. The van der Waals surface area contributed by atoms with Gasteiger partial charge in [-0.25, -0.2) is 14.8 Å². The molecule has 1 aliphatic rings. The Labute approximate surface area is 99.6 Å². The summed E-state index contributed by atoms with van der Waals surface area (Å²) in [5, 5.41) is 0. The van der Waals surface area contributed by atoms with Gasteiger partial charge in [0, 0.05) is 25.8 Å². The Morgan fingerprint density at radius 1 is 1.47 bits per heavy atom. The fraction of sp³-hybridized carbons (Fsp3) is 0.545. The van der Waals surface area contributed by atoms with E-state index in [1.54, 1.807) is 0 Å². The third-order valence-electron chi connectivity index (χ3n) is 2.54. The van der Waals surface area contributed by atoms with Gasteiger partial charge in [0.1, 0.15) is 12.9 Å². The number of carbonyl (C=O) groups is 1. The molecular weight excluding hydrogens is 222 g/mol. The summed E-state index contributed by atoms with van der Waals surface area (Å²) in [6, 6.07) is 1.54. The minimum Gasteiger partial charge on any atom is -0.460 e. The van der Waals surface area contributed by atoms with Crippen molar-refractivity contribution in [2.75, 3.05) is 39.5 Å². The fourth-order valence-electron chi connectivity index (χ4n) is 1.58. The van der Waals surface area contributed by atoms with Crippen LogP contribution in [0.2, 0.25) is 0 Å². The molecule has 0 aromatic carbocycles. The highest BCUT2D eigenvalue weighted by atomic mass is 16.5. The summed E-state index contributed by atoms with van der Waals surface area (Å²) in [6.45, 7) is 4.40. The quantitative estimate of drug-likeness (QED) is 0.685. The lowest BCUT2D eigenvalue weighted by molar-refractivity contribution is 0.0193. The van der Waals surface area contributed by atoms with Gasteiger partial charge < -0.3 is 9.47 Å². The van der Waals surface area contributed by atoms with Gasteiger partial charge in [-0.3, -0.25) is 4.90 Å². The van der Waals surface area contributed by atoms with E-state index in [1.165, 1.54) is 18.6 Å². The Kier molecular flexibility index (Phi) is 4.40. The number of nitrogens with zero attached hydrogens (tertiary/aromatic N) is 3. The van der Waals surface area contributed by atoms with Crippen LogP contribution in [0.3, 0.4) is 0 Å². The molecule has 0 radical (unpaired) electrons. The average Bonchev–Trinajstić information content (AvgIpc) is 2.41. The third kappa shape index (κ3) is 3.76. The van der Waals surface area contributed by atoms with Crippen molar-refractivity contribution in [3.8, 4) is 0 Å². The van der Waals surface area contributed by atoms with E-state index >= 15 is 0 Å². The summed E-state index contributed by atoms with van der Waals surface area (Å²) in [5.41, 5.74) is 0.293.